The average Bonchev–Trinajstić information content (AvgIpc) is 3.23. The van der Waals surface area contributed by atoms with Gasteiger partial charge in [-0.15, -0.1) is 11.3 Å². The third kappa shape index (κ3) is 3.86. The van der Waals surface area contributed by atoms with E-state index in [2.05, 4.69) is 15.3 Å². The van der Waals surface area contributed by atoms with Crippen molar-refractivity contribution in [2.24, 2.45) is 0 Å². The second kappa shape index (κ2) is 8.03. The number of pyridine rings is 1. The van der Waals surface area contributed by atoms with Crippen LogP contribution in [0.2, 0.25) is 0 Å². The molecule has 0 saturated heterocycles. The normalized spacial score (nSPS) is 15.5. The molecule has 2 aromatic carbocycles. The molecule has 1 N–H and O–H groups in total. The largest absolute Gasteiger partial charge is 0.493 e. The van der Waals surface area contributed by atoms with Crippen LogP contribution in [-0.2, 0) is 0 Å². The van der Waals surface area contributed by atoms with Gasteiger partial charge in [0.2, 0.25) is 0 Å². The zero-order chi connectivity index (χ0) is 21.4. The monoisotopic (exact) mass is 437 g/mol. The number of halogens is 2. The number of amides is 1. The Morgan fingerprint density at radius 2 is 2.03 bits per heavy atom. The molecule has 156 valence electrons. The highest BCUT2D eigenvalue weighted by molar-refractivity contribution is 7.21. The van der Waals surface area contributed by atoms with Crippen LogP contribution in [0.25, 0.3) is 20.8 Å². The minimum Gasteiger partial charge on any atom is -0.493 e. The van der Waals surface area contributed by atoms with E-state index >= 15 is 0 Å². The summed E-state index contributed by atoms with van der Waals surface area (Å²) in [4.78, 5) is 21.2. The zero-order valence-electron chi connectivity index (χ0n) is 16.2. The molecule has 2 aromatic heterocycles. The Labute approximate surface area is 180 Å². The quantitative estimate of drug-likeness (QED) is 0.455. The molecule has 1 aliphatic heterocycles. The van der Waals surface area contributed by atoms with Gasteiger partial charge in [-0.25, -0.2) is 13.8 Å². The number of carbonyl (C=O) groups excluding carboxylic acids is 1. The fourth-order valence-corrected chi connectivity index (χ4v) is 4.58. The number of aromatic nitrogens is 2. The molecule has 1 amide bonds. The van der Waals surface area contributed by atoms with Crippen molar-refractivity contribution in [3.8, 4) is 16.3 Å². The fraction of sp³-hybridized carbons (Fsp3) is 0.174. The summed E-state index contributed by atoms with van der Waals surface area (Å²) in [6.45, 7) is 0.553. The van der Waals surface area contributed by atoms with Crippen LogP contribution < -0.4 is 10.1 Å². The van der Waals surface area contributed by atoms with Crippen LogP contribution in [0.4, 0.5) is 8.78 Å². The molecule has 0 aliphatic carbocycles. The van der Waals surface area contributed by atoms with E-state index in [9.17, 15) is 13.6 Å². The van der Waals surface area contributed by atoms with Gasteiger partial charge in [0.25, 0.3) is 12.3 Å². The molecular weight excluding hydrogens is 420 g/mol. The van der Waals surface area contributed by atoms with E-state index in [0.29, 0.717) is 29.2 Å². The Morgan fingerprint density at radius 1 is 1.16 bits per heavy atom. The lowest BCUT2D eigenvalue weighted by molar-refractivity contribution is 0.0925. The SMILES string of the molecule is O=C(N[C@H]1CCOc2ccccc21)c1ccc2nc(-c3ccc(C(F)F)nc3)sc2c1. The van der Waals surface area contributed by atoms with E-state index in [1.807, 2.05) is 24.3 Å². The third-order valence-electron chi connectivity index (χ3n) is 5.17. The molecule has 1 aliphatic rings. The molecule has 5 nitrogen and oxygen atoms in total. The minimum absolute atomic E-state index is 0.107. The van der Waals surface area contributed by atoms with Gasteiger partial charge in [-0.05, 0) is 36.4 Å². The fourth-order valence-electron chi connectivity index (χ4n) is 3.58. The van der Waals surface area contributed by atoms with Crippen molar-refractivity contribution in [3.63, 3.8) is 0 Å². The number of thiazole rings is 1. The summed E-state index contributed by atoms with van der Waals surface area (Å²) in [6, 6.07) is 15.8. The Morgan fingerprint density at radius 3 is 2.84 bits per heavy atom. The second-order valence-electron chi connectivity index (χ2n) is 7.17. The number of rotatable bonds is 4. The van der Waals surface area contributed by atoms with Gasteiger partial charge in [0, 0.05) is 29.3 Å². The topological polar surface area (TPSA) is 64.1 Å². The smallest absolute Gasteiger partial charge is 0.280 e. The molecule has 0 fully saturated rings. The highest BCUT2D eigenvalue weighted by Crippen LogP contribution is 2.33. The Balaban J connectivity index is 1.38. The summed E-state index contributed by atoms with van der Waals surface area (Å²) in [7, 11) is 0. The standard InChI is InChI=1S/C23H17F2N3O2S/c24-21(25)18-8-6-14(12-26-18)23-28-17-7-5-13(11-20(17)31-23)22(29)27-16-9-10-30-19-4-2-1-3-15(16)19/h1-8,11-12,16,21H,9-10H2,(H,27,29)/t16-/m0/s1. The van der Waals surface area contributed by atoms with Crippen molar-refractivity contribution in [3.05, 3.63) is 77.6 Å². The van der Waals surface area contributed by atoms with Crippen LogP contribution in [0.3, 0.4) is 0 Å². The predicted molar refractivity (Wildman–Crippen MR) is 115 cm³/mol. The van der Waals surface area contributed by atoms with Gasteiger partial charge in [-0.1, -0.05) is 18.2 Å². The first-order chi connectivity index (χ1) is 15.1. The highest BCUT2D eigenvalue weighted by Gasteiger charge is 2.23. The maximum absolute atomic E-state index is 12.9. The average molecular weight is 437 g/mol. The van der Waals surface area contributed by atoms with Crippen molar-refractivity contribution in [2.45, 2.75) is 18.9 Å². The van der Waals surface area contributed by atoms with E-state index in [1.54, 1.807) is 24.3 Å². The summed E-state index contributed by atoms with van der Waals surface area (Å²) in [6.07, 6.45) is -0.500. The Bertz CT molecular complexity index is 1260. The number of carbonyl (C=O) groups is 1. The molecule has 4 aromatic rings. The lowest BCUT2D eigenvalue weighted by atomic mass is 10.00. The predicted octanol–water partition coefficient (Wildman–Crippen LogP) is 5.55. The van der Waals surface area contributed by atoms with Crippen LogP contribution in [0.1, 0.15) is 40.5 Å². The number of nitrogens with one attached hydrogen (secondary N) is 1. The molecule has 0 spiro atoms. The second-order valence-corrected chi connectivity index (χ2v) is 8.21. The number of alkyl halides is 2. The minimum atomic E-state index is -2.60. The molecule has 5 rings (SSSR count). The van der Waals surface area contributed by atoms with Crippen LogP contribution in [-0.4, -0.2) is 22.5 Å². The highest BCUT2D eigenvalue weighted by atomic mass is 32.1. The summed E-state index contributed by atoms with van der Waals surface area (Å²) in [5.41, 5.74) is 2.65. The van der Waals surface area contributed by atoms with E-state index in [0.717, 1.165) is 21.5 Å². The molecule has 3 heterocycles. The van der Waals surface area contributed by atoms with E-state index in [4.69, 9.17) is 4.74 Å². The number of ether oxygens (including phenoxy) is 1. The summed E-state index contributed by atoms with van der Waals surface area (Å²) in [5, 5.41) is 3.76. The van der Waals surface area contributed by atoms with Gasteiger partial charge in [0.05, 0.1) is 22.9 Å². The van der Waals surface area contributed by atoms with E-state index in [-0.39, 0.29) is 17.6 Å². The summed E-state index contributed by atoms with van der Waals surface area (Å²) in [5.74, 6) is 0.634. The zero-order valence-corrected chi connectivity index (χ0v) is 17.0. The van der Waals surface area contributed by atoms with Crippen LogP contribution in [0.15, 0.2) is 60.8 Å². The maximum atomic E-state index is 12.9. The van der Waals surface area contributed by atoms with Crippen LogP contribution >= 0.6 is 11.3 Å². The van der Waals surface area contributed by atoms with Crippen molar-refractivity contribution in [1.82, 2.24) is 15.3 Å². The van der Waals surface area contributed by atoms with E-state index in [1.165, 1.54) is 23.6 Å². The lowest BCUT2D eigenvalue weighted by Crippen LogP contribution is -2.32. The molecule has 0 unspecified atom stereocenters. The van der Waals surface area contributed by atoms with E-state index < -0.39 is 6.43 Å². The first kappa shape index (κ1) is 19.6. The van der Waals surface area contributed by atoms with Gasteiger partial charge < -0.3 is 10.1 Å². The number of hydrogen-bond acceptors (Lipinski definition) is 5. The van der Waals surface area contributed by atoms with Crippen molar-refractivity contribution >= 4 is 27.5 Å². The first-order valence-corrected chi connectivity index (χ1v) is 10.6. The van der Waals surface area contributed by atoms with Crippen molar-refractivity contribution < 1.29 is 18.3 Å². The number of fused-ring (bicyclic) bond motifs is 2. The molecule has 0 bridgehead atoms. The van der Waals surface area contributed by atoms with Gasteiger partial charge in [0.1, 0.15) is 16.5 Å². The summed E-state index contributed by atoms with van der Waals surface area (Å²) < 4.78 is 31.9. The molecule has 1 atom stereocenters. The molecule has 0 radical (unpaired) electrons. The summed E-state index contributed by atoms with van der Waals surface area (Å²) >= 11 is 1.39. The number of nitrogens with zero attached hydrogens (tertiary/aromatic N) is 2. The Hall–Kier alpha value is -3.39. The maximum Gasteiger partial charge on any atom is 0.280 e. The first-order valence-electron chi connectivity index (χ1n) is 9.76. The van der Waals surface area contributed by atoms with Gasteiger partial charge >= 0.3 is 0 Å². The number of benzene rings is 2. The number of para-hydroxylation sites is 1. The molecular formula is C23H17F2N3O2S. The molecule has 31 heavy (non-hydrogen) atoms. The van der Waals surface area contributed by atoms with Crippen molar-refractivity contribution in [2.75, 3.05) is 6.61 Å². The van der Waals surface area contributed by atoms with Gasteiger partial charge in [-0.2, -0.15) is 0 Å². The van der Waals surface area contributed by atoms with Crippen LogP contribution in [0.5, 0.6) is 5.75 Å². The third-order valence-corrected chi connectivity index (χ3v) is 6.24. The number of hydrogen-bond donors (Lipinski definition) is 1. The van der Waals surface area contributed by atoms with Crippen LogP contribution in [0, 0.1) is 0 Å². The lowest BCUT2D eigenvalue weighted by Gasteiger charge is -2.26. The molecule has 0 saturated carbocycles. The van der Waals surface area contributed by atoms with Gasteiger partial charge in [0.15, 0.2) is 0 Å². The van der Waals surface area contributed by atoms with Gasteiger partial charge in [-0.3, -0.25) is 9.78 Å². The van der Waals surface area contributed by atoms with Crippen molar-refractivity contribution in [1.29, 1.82) is 0 Å². The molecule has 8 heteroatoms. The Kier molecular flexibility index (Phi) is 5.07.